The molecule has 1 amide bonds. The molecule has 140 valence electrons. The molecule has 28 heavy (non-hydrogen) atoms. The quantitative estimate of drug-likeness (QED) is 0.368. The van der Waals surface area contributed by atoms with Gasteiger partial charge in [-0.1, -0.05) is 18.2 Å². The standard InChI is InChI=1S/C21H19N5O2/c1-13-17(16-5-3-4-6-18(16)23-13)12-22-26-21(27)20-11-19(24-25-20)14-7-9-15(28-2)10-8-14/h3-12,23H,1-2H3,(H,24,25)(H,26,27)/b22-12-. The van der Waals surface area contributed by atoms with Gasteiger partial charge in [-0.05, 0) is 43.3 Å². The van der Waals surface area contributed by atoms with Crippen molar-refractivity contribution in [3.8, 4) is 17.0 Å². The minimum Gasteiger partial charge on any atom is -0.497 e. The fraction of sp³-hybridized carbons (Fsp3) is 0.0952. The number of nitrogens with zero attached hydrogens (tertiary/aromatic N) is 2. The molecule has 0 unspecified atom stereocenters. The number of fused-ring (bicyclic) bond motifs is 1. The first-order chi connectivity index (χ1) is 13.7. The van der Waals surface area contributed by atoms with Gasteiger partial charge >= 0.3 is 0 Å². The van der Waals surface area contributed by atoms with Gasteiger partial charge in [0.25, 0.3) is 5.91 Å². The largest absolute Gasteiger partial charge is 0.497 e. The van der Waals surface area contributed by atoms with Gasteiger partial charge in [0, 0.05) is 27.7 Å². The molecular weight excluding hydrogens is 354 g/mol. The third-order valence-corrected chi connectivity index (χ3v) is 4.51. The second-order valence-corrected chi connectivity index (χ2v) is 6.30. The topological polar surface area (TPSA) is 95.2 Å². The summed E-state index contributed by atoms with van der Waals surface area (Å²) in [5.41, 5.74) is 7.39. The summed E-state index contributed by atoms with van der Waals surface area (Å²) < 4.78 is 5.15. The first-order valence-electron chi connectivity index (χ1n) is 8.76. The van der Waals surface area contributed by atoms with Crippen molar-refractivity contribution in [1.82, 2.24) is 20.6 Å². The van der Waals surface area contributed by atoms with Gasteiger partial charge in [-0.15, -0.1) is 0 Å². The van der Waals surface area contributed by atoms with Crippen molar-refractivity contribution in [3.63, 3.8) is 0 Å². The molecule has 2 aromatic heterocycles. The van der Waals surface area contributed by atoms with Crippen LogP contribution in [0.4, 0.5) is 0 Å². The van der Waals surface area contributed by atoms with Crippen LogP contribution >= 0.6 is 0 Å². The number of hydrogen-bond donors (Lipinski definition) is 3. The monoisotopic (exact) mass is 373 g/mol. The zero-order valence-electron chi connectivity index (χ0n) is 15.5. The van der Waals surface area contributed by atoms with Crippen molar-refractivity contribution < 1.29 is 9.53 Å². The van der Waals surface area contributed by atoms with Gasteiger partial charge in [0.1, 0.15) is 11.4 Å². The van der Waals surface area contributed by atoms with Crippen molar-refractivity contribution >= 4 is 23.0 Å². The number of para-hydroxylation sites is 1. The molecule has 0 spiro atoms. The number of hydrazone groups is 1. The molecular formula is C21H19N5O2. The summed E-state index contributed by atoms with van der Waals surface area (Å²) in [4.78, 5) is 15.6. The molecule has 0 radical (unpaired) electrons. The van der Waals surface area contributed by atoms with Gasteiger partial charge in [0.15, 0.2) is 0 Å². The Hall–Kier alpha value is -3.87. The number of benzene rings is 2. The highest BCUT2D eigenvalue weighted by molar-refractivity contribution is 6.01. The fourth-order valence-electron chi connectivity index (χ4n) is 3.03. The minimum atomic E-state index is -0.360. The molecule has 0 aliphatic rings. The van der Waals surface area contributed by atoms with E-state index in [0.29, 0.717) is 11.4 Å². The maximum atomic E-state index is 12.3. The number of hydrogen-bond acceptors (Lipinski definition) is 4. The van der Waals surface area contributed by atoms with Gasteiger partial charge in [-0.2, -0.15) is 10.2 Å². The molecule has 4 aromatic rings. The van der Waals surface area contributed by atoms with Crippen LogP contribution in [-0.4, -0.2) is 34.4 Å². The number of ether oxygens (including phenoxy) is 1. The van der Waals surface area contributed by atoms with E-state index < -0.39 is 0 Å². The molecule has 0 atom stereocenters. The van der Waals surface area contributed by atoms with Crippen LogP contribution in [0.2, 0.25) is 0 Å². The second kappa shape index (κ2) is 7.40. The summed E-state index contributed by atoms with van der Waals surface area (Å²) in [5, 5.41) is 12.1. The normalized spacial score (nSPS) is 11.2. The second-order valence-electron chi connectivity index (χ2n) is 6.30. The van der Waals surface area contributed by atoms with Crippen LogP contribution < -0.4 is 10.2 Å². The zero-order valence-corrected chi connectivity index (χ0v) is 15.5. The molecule has 4 rings (SSSR count). The highest BCUT2D eigenvalue weighted by Gasteiger charge is 2.11. The summed E-state index contributed by atoms with van der Waals surface area (Å²) in [5.74, 6) is 0.403. The average molecular weight is 373 g/mol. The molecule has 0 saturated carbocycles. The number of carbonyl (C=O) groups is 1. The smallest absolute Gasteiger partial charge is 0.289 e. The van der Waals surface area contributed by atoms with Crippen molar-refractivity contribution in [1.29, 1.82) is 0 Å². The summed E-state index contributed by atoms with van der Waals surface area (Å²) in [7, 11) is 1.62. The lowest BCUT2D eigenvalue weighted by atomic mass is 10.1. The van der Waals surface area contributed by atoms with E-state index in [9.17, 15) is 4.79 Å². The molecule has 7 heteroatoms. The highest BCUT2D eigenvalue weighted by atomic mass is 16.5. The lowest BCUT2D eigenvalue weighted by Gasteiger charge is -2.00. The third kappa shape index (κ3) is 3.37. The molecule has 0 saturated heterocycles. The molecule has 0 bridgehead atoms. The number of aryl methyl sites for hydroxylation is 1. The molecule has 2 heterocycles. The van der Waals surface area contributed by atoms with E-state index in [1.807, 2.05) is 55.5 Å². The Kier molecular flexibility index (Phi) is 4.63. The molecule has 0 aliphatic carbocycles. The Morgan fingerprint density at radius 3 is 2.75 bits per heavy atom. The average Bonchev–Trinajstić information content (AvgIpc) is 3.33. The number of aromatic nitrogens is 3. The van der Waals surface area contributed by atoms with E-state index in [4.69, 9.17) is 4.74 Å². The molecule has 0 aliphatic heterocycles. The van der Waals surface area contributed by atoms with E-state index in [1.165, 1.54) is 0 Å². The van der Waals surface area contributed by atoms with E-state index in [0.717, 1.165) is 33.5 Å². The van der Waals surface area contributed by atoms with Crippen molar-refractivity contribution in [2.24, 2.45) is 5.10 Å². The maximum absolute atomic E-state index is 12.3. The molecule has 3 N–H and O–H groups in total. The van der Waals surface area contributed by atoms with Crippen molar-refractivity contribution in [2.45, 2.75) is 6.92 Å². The molecule has 7 nitrogen and oxygen atoms in total. The number of H-pyrrole nitrogens is 2. The number of amides is 1. The lowest BCUT2D eigenvalue weighted by Crippen LogP contribution is -2.18. The van der Waals surface area contributed by atoms with E-state index in [2.05, 4.69) is 25.7 Å². The zero-order chi connectivity index (χ0) is 19.5. The van der Waals surface area contributed by atoms with Gasteiger partial charge in [-0.25, -0.2) is 5.43 Å². The molecule has 2 aromatic carbocycles. The Balaban J connectivity index is 1.47. The number of aromatic amines is 2. The van der Waals surface area contributed by atoms with Gasteiger partial charge < -0.3 is 9.72 Å². The van der Waals surface area contributed by atoms with Crippen LogP contribution in [0.15, 0.2) is 59.7 Å². The Labute approximate surface area is 161 Å². The number of carbonyl (C=O) groups excluding carboxylic acids is 1. The molecule has 0 fully saturated rings. The summed E-state index contributed by atoms with van der Waals surface area (Å²) in [6, 6.07) is 17.1. The SMILES string of the molecule is COc1ccc(-c2cc(C(=O)N/N=C\c3c(C)[nH]c4ccccc34)[nH]n2)cc1. The van der Waals surface area contributed by atoms with E-state index in [-0.39, 0.29) is 5.91 Å². The van der Waals surface area contributed by atoms with Crippen LogP contribution in [0.3, 0.4) is 0 Å². The van der Waals surface area contributed by atoms with E-state index >= 15 is 0 Å². The van der Waals surface area contributed by atoms with Crippen LogP contribution in [0.5, 0.6) is 5.75 Å². The van der Waals surface area contributed by atoms with E-state index in [1.54, 1.807) is 19.4 Å². The number of nitrogens with one attached hydrogen (secondary N) is 3. The lowest BCUT2D eigenvalue weighted by molar-refractivity contribution is 0.0950. The first-order valence-corrected chi connectivity index (χ1v) is 8.76. The number of rotatable bonds is 5. The van der Waals surface area contributed by atoms with Gasteiger partial charge in [0.05, 0.1) is 19.0 Å². The summed E-state index contributed by atoms with van der Waals surface area (Å²) in [6.07, 6.45) is 1.65. The van der Waals surface area contributed by atoms with Crippen LogP contribution in [0.25, 0.3) is 22.2 Å². The third-order valence-electron chi connectivity index (χ3n) is 4.51. The fourth-order valence-corrected chi connectivity index (χ4v) is 3.03. The number of methoxy groups -OCH3 is 1. The maximum Gasteiger partial charge on any atom is 0.289 e. The minimum absolute atomic E-state index is 0.332. The van der Waals surface area contributed by atoms with Crippen LogP contribution in [0, 0.1) is 6.92 Å². The summed E-state index contributed by atoms with van der Waals surface area (Å²) in [6.45, 7) is 1.97. The Morgan fingerprint density at radius 2 is 1.96 bits per heavy atom. The first kappa shape index (κ1) is 17.5. The van der Waals surface area contributed by atoms with Crippen molar-refractivity contribution in [2.75, 3.05) is 7.11 Å². The Bertz CT molecular complexity index is 1160. The Morgan fingerprint density at radius 1 is 1.18 bits per heavy atom. The van der Waals surface area contributed by atoms with Crippen molar-refractivity contribution in [3.05, 3.63) is 71.5 Å². The highest BCUT2D eigenvalue weighted by Crippen LogP contribution is 2.21. The predicted molar refractivity (Wildman–Crippen MR) is 109 cm³/mol. The predicted octanol–water partition coefficient (Wildman–Crippen LogP) is 3.64. The van der Waals surface area contributed by atoms with Gasteiger partial charge in [0.2, 0.25) is 0 Å². The van der Waals surface area contributed by atoms with Gasteiger partial charge in [-0.3, -0.25) is 9.89 Å². The summed E-state index contributed by atoms with van der Waals surface area (Å²) >= 11 is 0. The van der Waals surface area contributed by atoms with Crippen LogP contribution in [0.1, 0.15) is 21.7 Å². The van der Waals surface area contributed by atoms with Crippen LogP contribution in [-0.2, 0) is 0 Å².